The normalized spacial score (nSPS) is 10.3. The van der Waals surface area contributed by atoms with E-state index in [1.54, 1.807) is 14.0 Å². The molecular weight excluding hydrogens is 284 g/mol. The number of para-hydroxylation sites is 1. The molecule has 2 nitrogen and oxygen atoms in total. The van der Waals surface area contributed by atoms with E-state index in [4.69, 9.17) is 4.74 Å². The first-order chi connectivity index (χ1) is 11.2. The number of ether oxygens (including phenoxy) is 1. The van der Waals surface area contributed by atoms with Crippen molar-refractivity contribution in [2.24, 2.45) is 0 Å². The van der Waals surface area contributed by atoms with E-state index in [1.807, 2.05) is 48.5 Å². The van der Waals surface area contributed by atoms with Gasteiger partial charge in [-0.3, -0.25) is 4.79 Å². The lowest BCUT2D eigenvalue weighted by atomic mass is 9.97. The predicted octanol–water partition coefficient (Wildman–Crippen LogP) is 5.23. The number of Topliss-reactive ketones (excluding diaryl/α,β-unsaturated/α-hetero) is 1. The van der Waals surface area contributed by atoms with E-state index in [0.29, 0.717) is 0 Å². The Kier molecular flexibility index (Phi) is 4.24. The van der Waals surface area contributed by atoms with E-state index in [2.05, 4.69) is 24.3 Å². The molecule has 3 aromatic rings. The summed E-state index contributed by atoms with van der Waals surface area (Å²) in [7, 11) is 1.68. The minimum absolute atomic E-state index is 0.0827. The van der Waals surface area contributed by atoms with Gasteiger partial charge in [0, 0.05) is 11.1 Å². The molecular formula is C21H18O2. The zero-order valence-electron chi connectivity index (χ0n) is 13.2. The maximum Gasteiger partial charge on any atom is 0.159 e. The smallest absolute Gasteiger partial charge is 0.159 e. The maximum absolute atomic E-state index is 11.4. The quantitative estimate of drug-likeness (QED) is 0.617. The van der Waals surface area contributed by atoms with Crippen LogP contribution in [0.3, 0.4) is 0 Å². The van der Waals surface area contributed by atoms with Crippen LogP contribution in [0.4, 0.5) is 0 Å². The number of hydrogen-bond acceptors (Lipinski definition) is 2. The number of methoxy groups -OCH3 is 1. The maximum atomic E-state index is 11.4. The van der Waals surface area contributed by atoms with Gasteiger partial charge in [-0.05, 0) is 35.7 Å². The van der Waals surface area contributed by atoms with Crippen molar-refractivity contribution < 1.29 is 9.53 Å². The Labute approximate surface area is 136 Å². The molecule has 3 rings (SSSR count). The molecule has 23 heavy (non-hydrogen) atoms. The van der Waals surface area contributed by atoms with E-state index in [1.165, 1.54) is 0 Å². The summed E-state index contributed by atoms with van der Waals surface area (Å²) in [5.74, 6) is 0.941. The molecule has 0 fully saturated rings. The topological polar surface area (TPSA) is 26.3 Å². The molecule has 0 unspecified atom stereocenters. The van der Waals surface area contributed by atoms with Gasteiger partial charge in [-0.2, -0.15) is 0 Å². The number of rotatable bonds is 4. The number of benzene rings is 3. The van der Waals surface area contributed by atoms with Crippen LogP contribution in [-0.4, -0.2) is 12.9 Å². The van der Waals surface area contributed by atoms with Gasteiger partial charge in [-0.25, -0.2) is 0 Å². The Bertz CT molecular complexity index is 832. The highest BCUT2D eigenvalue weighted by atomic mass is 16.5. The zero-order valence-corrected chi connectivity index (χ0v) is 13.2. The summed E-state index contributed by atoms with van der Waals surface area (Å²) in [5, 5.41) is 0. The lowest BCUT2D eigenvalue weighted by Gasteiger charge is -2.10. The van der Waals surface area contributed by atoms with E-state index < -0.39 is 0 Å². The van der Waals surface area contributed by atoms with Crippen LogP contribution in [0.5, 0.6) is 5.75 Å². The summed E-state index contributed by atoms with van der Waals surface area (Å²) in [6.45, 7) is 1.58. The Morgan fingerprint density at radius 1 is 0.783 bits per heavy atom. The fourth-order valence-electron chi connectivity index (χ4n) is 2.65. The van der Waals surface area contributed by atoms with Crippen LogP contribution in [0.25, 0.3) is 22.3 Å². The van der Waals surface area contributed by atoms with Gasteiger partial charge < -0.3 is 4.74 Å². The van der Waals surface area contributed by atoms with E-state index in [0.717, 1.165) is 33.6 Å². The first-order valence-electron chi connectivity index (χ1n) is 7.54. The molecule has 0 heterocycles. The van der Waals surface area contributed by atoms with Gasteiger partial charge in [0.2, 0.25) is 0 Å². The third-order valence-corrected chi connectivity index (χ3v) is 3.91. The molecule has 0 atom stereocenters. The number of carbonyl (C=O) groups is 1. The highest BCUT2D eigenvalue weighted by Gasteiger charge is 2.07. The van der Waals surface area contributed by atoms with Crippen molar-refractivity contribution in [1.29, 1.82) is 0 Å². The minimum Gasteiger partial charge on any atom is -0.496 e. The highest BCUT2D eigenvalue weighted by molar-refractivity contribution is 5.94. The molecule has 2 heteroatoms. The van der Waals surface area contributed by atoms with Crippen molar-refractivity contribution in [3.63, 3.8) is 0 Å². The molecule has 0 N–H and O–H groups in total. The molecule has 0 spiro atoms. The van der Waals surface area contributed by atoms with Crippen molar-refractivity contribution in [3.8, 4) is 28.0 Å². The van der Waals surface area contributed by atoms with Gasteiger partial charge in [0.15, 0.2) is 5.78 Å². The van der Waals surface area contributed by atoms with Crippen LogP contribution in [0, 0.1) is 0 Å². The second kappa shape index (κ2) is 6.49. The predicted molar refractivity (Wildman–Crippen MR) is 93.9 cm³/mol. The number of ketones is 1. The summed E-state index contributed by atoms with van der Waals surface area (Å²) >= 11 is 0. The van der Waals surface area contributed by atoms with Crippen molar-refractivity contribution in [2.45, 2.75) is 6.92 Å². The Hall–Kier alpha value is -2.87. The molecule has 0 amide bonds. The summed E-state index contributed by atoms with van der Waals surface area (Å²) < 4.78 is 5.45. The van der Waals surface area contributed by atoms with Crippen LogP contribution >= 0.6 is 0 Å². The molecule has 3 aromatic carbocycles. The van der Waals surface area contributed by atoms with Crippen molar-refractivity contribution in [2.75, 3.05) is 7.11 Å². The fraction of sp³-hybridized carbons (Fsp3) is 0.0952. The fourth-order valence-corrected chi connectivity index (χ4v) is 2.65. The number of carbonyl (C=O) groups excluding carboxylic acids is 1. The second-order valence-corrected chi connectivity index (χ2v) is 5.41. The minimum atomic E-state index is 0.0827. The molecule has 0 saturated carbocycles. The summed E-state index contributed by atoms with van der Waals surface area (Å²) in [6.07, 6.45) is 0. The summed E-state index contributed by atoms with van der Waals surface area (Å²) in [4.78, 5) is 11.4. The van der Waals surface area contributed by atoms with Crippen molar-refractivity contribution >= 4 is 5.78 Å². The molecule has 0 aliphatic rings. The van der Waals surface area contributed by atoms with Crippen LogP contribution in [-0.2, 0) is 0 Å². The monoisotopic (exact) mass is 302 g/mol. The first-order valence-corrected chi connectivity index (χ1v) is 7.54. The molecule has 0 aliphatic heterocycles. The molecule has 0 radical (unpaired) electrons. The van der Waals surface area contributed by atoms with E-state index in [9.17, 15) is 4.79 Å². The average Bonchev–Trinajstić information content (AvgIpc) is 2.62. The standard InChI is InChI=1S/C21H18O2/c1-15(22)16-10-12-17(13-11-16)18-6-5-7-19(14-18)20-8-3-4-9-21(20)23-2/h3-14H,1-2H3. The van der Waals surface area contributed by atoms with Gasteiger partial charge in [-0.15, -0.1) is 0 Å². The SMILES string of the molecule is COc1ccccc1-c1cccc(-c2ccc(C(C)=O)cc2)c1. The lowest BCUT2D eigenvalue weighted by Crippen LogP contribution is -1.91. The summed E-state index contributed by atoms with van der Waals surface area (Å²) in [6, 6.07) is 24.0. The zero-order chi connectivity index (χ0) is 16.2. The average molecular weight is 302 g/mol. The van der Waals surface area contributed by atoms with Gasteiger partial charge in [-0.1, -0.05) is 60.7 Å². The van der Waals surface area contributed by atoms with Gasteiger partial charge >= 0.3 is 0 Å². The van der Waals surface area contributed by atoms with Crippen LogP contribution < -0.4 is 4.74 Å². The van der Waals surface area contributed by atoms with E-state index in [-0.39, 0.29) is 5.78 Å². The summed E-state index contributed by atoms with van der Waals surface area (Å²) in [5.41, 5.74) is 5.11. The molecule has 0 saturated heterocycles. The molecule has 0 aliphatic carbocycles. The third kappa shape index (κ3) is 3.16. The van der Waals surface area contributed by atoms with Gasteiger partial charge in [0.25, 0.3) is 0 Å². The molecule has 114 valence electrons. The highest BCUT2D eigenvalue weighted by Crippen LogP contribution is 2.32. The Morgan fingerprint density at radius 3 is 2.17 bits per heavy atom. The molecule has 0 aromatic heterocycles. The van der Waals surface area contributed by atoms with E-state index >= 15 is 0 Å². The lowest BCUT2D eigenvalue weighted by molar-refractivity contribution is 0.101. The van der Waals surface area contributed by atoms with Gasteiger partial charge in [0.1, 0.15) is 5.75 Å². The largest absolute Gasteiger partial charge is 0.496 e. The van der Waals surface area contributed by atoms with Crippen LogP contribution in [0.2, 0.25) is 0 Å². The second-order valence-electron chi connectivity index (χ2n) is 5.41. The van der Waals surface area contributed by atoms with Crippen LogP contribution in [0.15, 0.2) is 72.8 Å². The number of hydrogen-bond donors (Lipinski definition) is 0. The first kappa shape index (κ1) is 15.0. The Morgan fingerprint density at radius 2 is 1.48 bits per heavy atom. The van der Waals surface area contributed by atoms with Crippen LogP contribution in [0.1, 0.15) is 17.3 Å². The van der Waals surface area contributed by atoms with Gasteiger partial charge in [0.05, 0.1) is 7.11 Å². The Balaban J connectivity index is 2.01. The van der Waals surface area contributed by atoms with Crippen molar-refractivity contribution in [3.05, 3.63) is 78.4 Å². The van der Waals surface area contributed by atoms with Crippen molar-refractivity contribution in [1.82, 2.24) is 0 Å². The molecule has 0 bridgehead atoms. The third-order valence-electron chi connectivity index (χ3n) is 3.91.